The van der Waals surface area contributed by atoms with Crippen LogP contribution in [-0.4, -0.2) is 6.18 Å². The first-order valence-electron chi connectivity index (χ1n) is 8.23. The van der Waals surface area contributed by atoms with Crippen molar-refractivity contribution in [2.45, 2.75) is 17.8 Å². The Balaban J connectivity index is 2.43. The van der Waals surface area contributed by atoms with E-state index in [0.29, 0.717) is 13.2 Å². The number of alkyl halides is 6. The van der Waals surface area contributed by atoms with Gasteiger partial charge in [-0.2, -0.15) is 26.3 Å². The van der Waals surface area contributed by atoms with Gasteiger partial charge in [0.15, 0.2) is 0 Å². The van der Waals surface area contributed by atoms with E-state index in [9.17, 15) is 26.3 Å². The van der Waals surface area contributed by atoms with Crippen LogP contribution in [0.3, 0.4) is 0 Å². The van der Waals surface area contributed by atoms with Crippen LogP contribution in [0, 0.1) is 7.14 Å². The van der Waals surface area contributed by atoms with Crippen molar-refractivity contribution in [2.24, 2.45) is 0 Å². The Morgan fingerprint density at radius 2 is 0.931 bits per heavy atom. The molecule has 0 fully saturated rings. The van der Waals surface area contributed by atoms with Crippen molar-refractivity contribution >= 4 is 45.2 Å². The molecular weight excluding hydrogens is 620 g/mol. The SMILES string of the molecule is FC(F)(F)c1cccc(C(c2ccc(I)cc2)(c2ccc(I)cc2)C(F)(F)F)c1. The maximum Gasteiger partial charge on any atom is 0.416 e. The molecule has 0 saturated heterocycles. The maximum absolute atomic E-state index is 14.8. The van der Waals surface area contributed by atoms with E-state index >= 15 is 0 Å². The molecule has 0 spiro atoms. The second-order valence-electron chi connectivity index (χ2n) is 6.34. The maximum atomic E-state index is 14.8. The van der Waals surface area contributed by atoms with Crippen LogP contribution in [0.5, 0.6) is 0 Å². The summed E-state index contributed by atoms with van der Waals surface area (Å²) in [5, 5.41) is 0. The lowest BCUT2D eigenvalue weighted by atomic mass is 9.68. The second-order valence-corrected chi connectivity index (χ2v) is 8.83. The number of hydrogen-bond donors (Lipinski definition) is 0. The third kappa shape index (κ3) is 4.28. The lowest BCUT2D eigenvalue weighted by Gasteiger charge is -2.38. The first-order valence-corrected chi connectivity index (χ1v) is 10.4. The molecule has 3 aromatic carbocycles. The van der Waals surface area contributed by atoms with Gasteiger partial charge in [0.2, 0.25) is 0 Å². The summed E-state index contributed by atoms with van der Waals surface area (Å²) in [4.78, 5) is 0. The summed E-state index contributed by atoms with van der Waals surface area (Å²) in [5.74, 6) is 0. The average Bonchev–Trinajstić information content (AvgIpc) is 2.64. The summed E-state index contributed by atoms with van der Waals surface area (Å²) in [6, 6.07) is 14.8. The first-order chi connectivity index (χ1) is 13.5. The molecule has 0 aliphatic carbocycles. The van der Waals surface area contributed by atoms with Crippen molar-refractivity contribution in [3.63, 3.8) is 0 Å². The van der Waals surface area contributed by atoms with Crippen molar-refractivity contribution in [2.75, 3.05) is 0 Å². The van der Waals surface area contributed by atoms with E-state index in [1.165, 1.54) is 48.5 Å². The predicted molar refractivity (Wildman–Crippen MR) is 116 cm³/mol. The number of benzene rings is 3. The minimum atomic E-state index is -4.89. The third-order valence-electron chi connectivity index (χ3n) is 4.60. The molecule has 0 nitrogen and oxygen atoms in total. The Morgan fingerprint density at radius 3 is 1.31 bits per heavy atom. The predicted octanol–water partition coefficient (Wildman–Crippen LogP) is 7.81. The Morgan fingerprint density at radius 1 is 0.517 bits per heavy atom. The van der Waals surface area contributed by atoms with Gasteiger partial charge in [-0.05, 0) is 92.2 Å². The number of hydrogen-bond acceptors (Lipinski definition) is 0. The molecule has 0 amide bonds. The lowest BCUT2D eigenvalue weighted by Crippen LogP contribution is -2.44. The molecule has 8 heteroatoms. The van der Waals surface area contributed by atoms with Crippen LogP contribution in [-0.2, 0) is 11.6 Å². The standard InChI is InChI=1S/C21H12F6I2/c22-20(23,24)16-3-1-2-15(12-16)19(21(25,26)27,13-4-8-17(28)9-5-13)14-6-10-18(29)11-7-14/h1-12H. The smallest absolute Gasteiger partial charge is 0.169 e. The highest BCUT2D eigenvalue weighted by Gasteiger charge is 2.58. The van der Waals surface area contributed by atoms with E-state index in [0.717, 1.165) is 18.2 Å². The van der Waals surface area contributed by atoms with Crippen LogP contribution < -0.4 is 0 Å². The Hall–Kier alpha value is -1.30. The van der Waals surface area contributed by atoms with Crippen LogP contribution >= 0.6 is 45.2 Å². The van der Waals surface area contributed by atoms with Crippen molar-refractivity contribution in [1.29, 1.82) is 0 Å². The normalized spacial score (nSPS) is 12.8. The van der Waals surface area contributed by atoms with Gasteiger partial charge in [-0.1, -0.05) is 42.5 Å². The van der Waals surface area contributed by atoms with Crippen molar-refractivity contribution in [3.8, 4) is 0 Å². The fraction of sp³-hybridized carbons (Fsp3) is 0.143. The highest BCUT2D eigenvalue weighted by Crippen LogP contribution is 2.52. The molecule has 0 heterocycles. The molecular formula is C21H12F6I2. The molecule has 0 unspecified atom stereocenters. The number of halogens is 8. The summed E-state index contributed by atoms with van der Waals surface area (Å²) < 4.78 is 85.6. The van der Waals surface area contributed by atoms with Crippen LogP contribution in [0.25, 0.3) is 0 Å². The molecule has 0 atom stereocenters. The minimum absolute atomic E-state index is 0.147. The summed E-state index contributed by atoms with van der Waals surface area (Å²) >= 11 is 3.93. The van der Waals surface area contributed by atoms with Crippen LogP contribution in [0.4, 0.5) is 26.3 Å². The van der Waals surface area contributed by atoms with Gasteiger partial charge in [0.05, 0.1) is 5.56 Å². The zero-order valence-electron chi connectivity index (χ0n) is 14.5. The highest BCUT2D eigenvalue weighted by molar-refractivity contribution is 14.1. The lowest BCUT2D eigenvalue weighted by molar-refractivity contribution is -0.167. The monoisotopic (exact) mass is 632 g/mol. The zero-order valence-corrected chi connectivity index (χ0v) is 18.8. The summed E-state index contributed by atoms with van der Waals surface area (Å²) in [5.41, 5.74) is -4.65. The van der Waals surface area contributed by atoms with Crippen molar-refractivity contribution in [1.82, 2.24) is 0 Å². The molecule has 0 bridgehead atoms. The van der Waals surface area contributed by atoms with E-state index in [1.54, 1.807) is 0 Å². The minimum Gasteiger partial charge on any atom is -0.169 e. The van der Waals surface area contributed by atoms with Gasteiger partial charge in [0.1, 0.15) is 5.41 Å². The highest BCUT2D eigenvalue weighted by atomic mass is 127. The Kier molecular flexibility index (Phi) is 6.24. The Bertz CT molecular complexity index is 944. The van der Waals surface area contributed by atoms with Gasteiger partial charge in [0, 0.05) is 7.14 Å². The van der Waals surface area contributed by atoms with Gasteiger partial charge in [-0.15, -0.1) is 0 Å². The molecule has 0 aliphatic rings. The molecule has 3 rings (SSSR count). The van der Waals surface area contributed by atoms with Gasteiger partial charge in [-0.25, -0.2) is 0 Å². The van der Waals surface area contributed by atoms with Gasteiger partial charge < -0.3 is 0 Å². The van der Waals surface area contributed by atoms with Crippen molar-refractivity contribution < 1.29 is 26.3 Å². The van der Waals surface area contributed by atoms with Gasteiger partial charge in [0.25, 0.3) is 0 Å². The largest absolute Gasteiger partial charge is 0.416 e. The van der Waals surface area contributed by atoms with Crippen LogP contribution in [0.1, 0.15) is 22.3 Å². The van der Waals surface area contributed by atoms with Crippen LogP contribution in [0.15, 0.2) is 72.8 Å². The number of rotatable bonds is 3. The molecule has 29 heavy (non-hydrogen) atoms. The molecule has 0 saturated carbocycles. The topological polar surface area (TPSA) is 0 Å². The van der Waals surface area contributed by atoms with Crippen molar-refractivity contribution in [3.05, 3.63) is 102 Å². The first kappa shape index (κ1) is 22.4. The van der Waals surface area contributed by atoms with E-state index in [2.05, 4.69) is 0 Å². The average molecular weight is 632 g/mol. The third-order valence-corrected chi connectivity index (χ3v) is 6.04. The molecule has 0 N–H and O–H groups in total. The van der Waals surface area contributed by atoms with E-state index in [-0.39, 0.29) is 11.1 Å². The zero-order chi connectivity index (χ0) is 21.4. The summed E-state index contributed by atoms with van der Waals surface area (Å²) in [7, 11) is 0. The van der Waals surface area contributed by atoms with E-state index < -0.39 is 28.9 Å². The van der Waals surface area contributed by atoms with Gasteiger partial charge in [-0.3, -0.25) is 0 Å². The summed E-state index contributed by atoms with van der Waals surface area (Å²) in [6.45, 7) is 0. The molecule has 0 aliphatic heterocycles. The summed E-state index contributed by atoms with van der Waals surface area (Å²) in [6.07, 6.45) is -9.65. The quantitative estimate of drug-likeness (QED) is 0.157. The van der Waals surface area contributed by atoms with Gasteiger partial charge >= 0.3 is 12.4 Å². The molecule has 0 aromatic heterocycles. The molecule has 152 valence electrons. The fourth-order valence-electron chi connectivity index (χ4n) is 3.32. The van der Waals surface area contributed by atoms with Crippen LogP contribution in [0.2, 0.25) is 0 Å². The molecule has 3 aromatic rings. The van der Waals surface area contributed by atoms with E-state index in [4.69, 9.17) is 0 Å². The fourth-order valence-corrected chi connectivity index (χ4v) is 4.04. The molecule has 0 radical (unpaired) electrons. The Labute approximate surface area is 190 Å². The van der Waals surface area contributed by atoms with E-state index in [1.807, 2.05) is 45.2 Å². The second kappa shape index (κ2) is 8.09.